The highest BCUT2D eigenvalue weighted by molar-refractivity contribution is 5.89. The summed E-state index contributed by atoms with van der Waals surface area (Å²) in [7, 11) is 0. The minimum absolute atomic E-state index is 0.0111. The van der Waals surface area contributed by atoms with Crippen molar-refractivity contribution in [1.82, 2.24) is 0 Å². The molecule has 1 aliphatic carbocycles. The number of halogens is 1. The Morgan fingerprint density at radius 1 is 1.41 bits per heavy atom. The lowest BCUT2D eigenvalue weighted by molar-refractivity contribution is 0.0440. The van der Waals surface area contributed by atoms with Crippen LogP contribution in [0.5, 0.6) is 0 Å². The number of hydrogen-bond acceptors (Lipinski definition) is 2. The minimum atomic E-state index is -1.12. The maximum Gasteiger partial charge on any atom is 0.336 e. The largest absolute Gasteiger partial charge is 0.478 e. The van der Waals surface area contributed by atoms with Crippen molar-refractivity contribution in [2.75, 3.05) is 0 Å². The molecule has 0 aromatic heterocycles. The maximum absolute atomic E-state index is 12.9. The fourth-order valence-corrected chi connectivity index (χ4v) is 2.14. The molecule has 1 aliphatic rings. The average Bonchev–Trinajstić information content (AvgIpc) is 2.80. The van der Waals surface area contributed by atoms with Gasteiger partial charge in [0.05, 0.1) is 18.3 Å². The van der Waals surface area contributed by atoms with E-state index < -0.39 is 11.8 Å². The Labute approximate surface area is 99.2 Å². The number of carboxylic acids is 1. The zero-order valence-electron chi connectivity index (χ0n) is 9.49. The van der Waals surface area contributed by atoms with Crippen molar-refractivity contribution < 1.29 is 19.0 Å². The quantitative estimate of drug-likeness (QED) is 0.877. The highest BCUT2D eigenvalue weighted by Gasteiger charge is 2.17. The van der Waals surface area contributed by atoms with Crippen molar-refractivity contribution in [3.05, 3.63) is 35.1 Å². The SMILES string of the molecule is O=C(O)c1cc(F)ccc1COC1CCCC1. The second-order valence-corrected chi connectivity index (χ2v) is 4.32. The van der Waals surface area contributed by atoms with Crippen LogP contribution >= 0.6 is 0 Å². The third-order valence-electron chi connectivity index (χ3n) is 3.08. The number of ether oxygens (including phenoxy) is 1. The molecule has 0 aliphatic heterocycles. The van der Waals surface area contributed by atoms with Crippen molar-refractivity contribution >= 4 is 5.97 Å². The molecule has 1 aromatic carbocycles. The predicted molar refractivity (Wildman–Crippen MR) is 60.4 cm³/mol. The summed E-state index contributed by atoms with van der Waals surface area (Å²) >= 11 is 0. The Bertz CT molecular complexity index is 411. The van der Waals surface area contributed by atoms with Crippen LogP contribution in [-0.2, 0) is 11.3 Å². The van der Waals surface area contributed by atoms with Gasteiger partial charge in [-0.05, 0) is 30.5 Å². The Kier molecular flexibility index (Phi) is 3.74. The third kappa shape index (κ3) is 3.03. The topological polar surface area (TPSA) is 46.5 Å². The van der Waals surface area contributed by atoms with Crippen molar-refractivity contribution in [3.8, 4) is 0 Å². The number of carboxylic acid groups (broad SMARTS) is 1. The summed E-state index contributed by atoms with van der Waals surface area (Å²) in [6, 6.07) is 3.78. The third-order valence-corrected chi connectivity index (χ3v) is 3.08. The van der Waals surface area contributed by atoms with E-state index in [2.05, 4.69) is 0 Å². The Morgan fingerprint density at radius 3 is 2.76 bits per heavy atom. The smallest absolute Gasteiger partial charge is 0.336 e. The van der Waals surface area contributed by atoms with Crippen LogP contribution < -0.4 is 0 Å². The van der Waals surface area contributed by atoms with E-state index in [1.54, 1.807) is 0 Å². The first-order chi connectivity index (χ1) is 8.16. The van der Waals surface area contributed by atoms with E-state index in [0.717, 1.165) is 18.9 Å². The monoisotopic (exact) mass is 238 g/mol. The molecule has 1 fully saturated rings. The molecule has 1 N–H and O–H groups in total. The van der Waals surface area contributed by atoms with Crippen LogP contribution in [0.2, 0.25) is 0 Å². The van der Waals surface area contributed by atoms with Crippen LogP contribution in [0, 0.1) is 5.82 Å². The zero-order chi connectivity index (χ0) is 12.3. The molecule has 0 radical (unpaired) electrons. The molecule has 1 aromatic rings. The second-order valence-electron chi connectivity index (χ2n) is 4.32. The molecule has 0 unspecified atom stereocenters. The standard InChI is InChI=1S/C13H15FO3/c14-10-6-5-9(12(7-10)13(15)16)8-17-11-3-1-2-4-11/h5-7,11H,1-4,8H2,(H,15,16). The van der Waals surface area contributed by atoms with Gasteiger partial charge in [-0.3, -0.25) is 0 Å². The minimum Gasteiger partial charge on any atom is -0.478 e. The first kappa shape index (κ1) is 12.0. The fourth-order valence-electron chi connectivity index (χ4n) is 2.14. The van der Waals surface area contributed by atoms with Gasteiger partial charge in [0.25, 0.3) is 0 Å². The van der Waals surface area contributed by atoms with Gasteiger partial charge in [-0.2, -0.15) is 0 Å². The molecule has 17 heavy (non-hydrogen) atoms. The zero-order valence-corrected chi connectivity index (χ0v) is 9.49. The highest BCUT2D eigenvalue weighted by atomic mass is 19.1. The Morgan fingerprint density at radius 2 is 2.12 bits per heavy atom. The first-order valence-electron chi connectivity index (χ1n) is 5.80. The van der Waals surface area contributed by atoms with Gasteiger partial charge in [0, 0.05) is 0 Å². The van der Waals surface area contributed by atoms with Crippen molar-refractivity contribution in [3.63, 3.8) is 0 Å². The van der Waals surface area contributed by atoms with E-state index in [0.29, 0.717) is 5.56 Å². The number of aromatic carboxylic acids is 1. The van der Waals surface area contributed by atoms with Crippen LogP contribution in [0.15, 0.2) is 18.2 Å². The molecular weight excluding hydrogens is 223 g/mol. The van der Waals surface area contributed by atoms with Gasteiger partial charge < -0.3 is 9.84 Å². The van der Waals surface area contributed by atoms with Crippen LogP contribution in [-0.4, -0.2) is 17.2 Å². The van der Waals surface area contributed by atoms with Crippen molar-refractivity contribution in [2.45, 2.75) is 38.4 Å². The molecule has 2 rings (SSSR count). The van der Waals surface area contributed by atoms with Gasteiger partial charge in [-0.1, -0.05) is 18.9 Å². The van der Waals surface area contributed by atoms with Gasteiger partial charge in [0.2, 0.25) is 0 Å². The number of rotatable bonds is 4. The lowest BCUT2D eigenvalue weighted by atomic mass is 10.1. The summed E-state index contributed by atoms with van der Waals surface area (Å²) in [6.07, 6.45) is 4.62. The molecule has 0 saturated heterocycles. The molecule has 3 nitrogen and oxygen atoms in total. The van der Waals surface area contributed by atoms with Crippen LogP contribution in [0.1, 0.15) is 41.6 Å². The van der Waals surface area contributed by atoms with Gasteiger partial charge in [0.1, 0.15) is 5.82 Å². The summed E-state index contributed by atoms with van der Waals surface area (Å²) in [5, 5.41) is 8.96. The van der Waals surface area contributed by atoms with Gasteiger partial charge in [0.15, 0.2) is 0 Å². The van der Waals surface area contributed by atoms with Crippen molar-refractivity contribution in [2.24, 2.45) is 0 Å². The molecular formula is C13H15FO3. The van der Waals surface area contributed by atoms with E-state index in [9.17, 15) is 9.18 Å². The second kappa shape index (κ2) is 5.27. The predicted octanol–water partition coefficient (Wildman–Crippen LogP) is 2.98. The van der Waals surface area contributed by atoms with Gasteiger partial charge in [-0.25, -0.2) is 9.18 Å². The molecule has 0 bridgehead atoms. The molecule has 1 saturated carbocycles. The summed E-state index contributed by atoms with van der Waals surface area (Å²) in [5.41, 5.74) is 0.522. The number of benzene rings is 1. The van der Waals surface area contributed by atoms with Gasteiger partial charge in [-0.15, -0.1) is 0 Å². The lowest BCUT2D eigenvalue weighted by Gasteiger charge is -2.12. The fraction of sp³-hybridized carbons (Fsp3) is 0.462. The summed E-state index contributed by atoms with van der Waals surface area (Å²) < 4.78 is 18.6. The van der Waals surface area contributed by atoms with E-state index >= 15 is 0 Å². The summed E-state index contributed by atoms with van der Waals surface area (Å²) in [6.45, 7) is 0.243. The summed E-state index contributed by atoms with van der Waals surface area (Å²) in [5.74, 6) is -1.65. The van der Waals surface area contributed by atoms with Crippen LogP contribution in [0.25, 0.3) is 0 Å². The molecule has 92 valence electrons. The van der Waals surface area contributed by atoms with Crippen molar-refractivity contribution in [1.29, 1.82) is 0 Å². The van der Waals surface area contributed by atoms with E-state index in [1.165, 1.54) is 25.0 Å². The molecule has 0 amide bonds. The average molecular weight is 238 g/mol. The molecule has 4 heteroatoms. The van der Waals surface area contributed by atoms with E-state index in [-0.39, 0.29) is 18.3 Å². The molecule has 0 spiro atoms. The first-order valence-corrected chi connectivity index (χ1v) is 5.80. The Hall–Kier alpha value is -1.42. The molecule has 0 heterocycles. The van der Waals surface area contributed by atoms with Crippen LogP contribution in [0.3, 0.4) is 0 Å². The number of carbonyl (C=O) groups is 1. The van der Waals surface area contributed by atoms with Crippen LogP contribution in [0.4, 0.5) is 4.39 Å². The normalized spacial score (nSPS) is 16.3. The van der Waals surface area contributed by atoms with Gasteiger partial charge >= 0.3 is 5.97 Å². The highest BCUT2D eigenvalue weighted by Crippen LogP contribution is 2.23. The molecule has 0 atom stereocenters. The van der Waals surface area contributed by atoms with E-state index in [1.807, 2.05) is 0 Å². The van der Waals surface area contributed by atoms with E-state index in [4.69, 9.17) is 9.84 Å². The lowest BCUT2D eigenvalue weighted by Crippen LogP contribution is -2.10. The summed E-state index contributed by atoms with van der Waals surface area (Å²) in [4.78, 5) is 10.9. The Balaban J connectivity index is 2.06. The number of hydrogen-bond donors (Lipinski definition) is 1. The maximum atomic E-state index is 12.9.